The van der Waals surface area contributed by atoms with Crippen molar-refractivity contribution in [3.63, 3.8) is 0 Å². The number of anilines is 1. The van der Waals surface area contributed by atoms with E-state index in [9.17, 15) is 18.0 Å². The van der Waals surface area contributed by atoms with Crippen LogP contribution in [0.5, 0.6) is 5.75 Å². The van der Waals surface area contributed by atoms with Crippen LogP contribution in [-0.4, -0.2) is 25.5 Å². The molecule has 112 valence electrons. The molecule has 1 amide bonds. The van der Waals surface area contributed by atoms with Gasteiger partial charge in [-0.15, -0.1) is 0 Å². The lowest BCUT2D eigenvalue weighted by Gasteiger charge is -2.11. The van der Waals surface area contributed by atoms with Gasteiger partial charge in [-0.05, 0) is 24.6 Å². The molecule has 0 saturated heterocycles. The van der Waals surface area contributed by atoms with E-state index < -0.39 is 18.9 Å². The molecule has 0 aromatic heterocycles. The molecule has 4 nitrogen and oxygen atoms in total. The number of ether oxygens (including phenoxy) is 2. The monoisotopic (exact) mass is 311 g/mol. The quantitative estimate of drug-likeness (QED) is 0.884. The van der Waals surface area contributed by atoms with Crippen LogP contribution >= 0.6 is 11.6 Å². The van der Waals surface area contributed by atoms with Crippen LogP contribution in [0, 0.1) is 0 Å². The summed E-state index contributed by atoms with van der Waals surface area (Å²) in [6.45, 7) is 0.769. The van der Waals surface area contributed by atoms with Crippen molar-refractivity contribution in [1.82, 2.24) is 0 Å². The van der Waals surface area contributed by atoms with Gasteiger partial charge in [-0.3, -0.25) is 5.32 Å². The fraction of sp³-hybridized carbons (Fsp3) is 0.417. The summed E-state index contributed by atoms with van der Waals surface area (Å²) in [6, 6.07) is 4.32. The highest BCUT2D eigenvalue weighted by molar-refractivity contribution is 6.32. The molecule has 0 spiro atoms. The van der Waals surface area contributed by atoms with Crippen molar-refractivity contribution in [1.29, 1.82) is 0 Å². The Labute approximate surface area is 118 Å². The third-order valence-corrected chi connectivity index (χ3v) is 2.30. The lowest BCUT2D eigenvalue weighted by Crippen LogP contribution is -2.23. The molecule has 0 radical (unpaired) electrons. The zero-order valence-electron chi connectivity index (χ0n) is 10.6. The first-order valence-corrected chi connectivity index (χ1v) is 6.12. The van der Waals surface area contributed by atoms with Gasteiger partial charge in [-0.25, -0.2) is 4.79 Å². The van der Waals surface area contributed by atoms with E-state index in [1.807, 2.05) is 6.92 Å². The molecule has 0 atom stereocenters. The highest BCUT2D eigenvalue weighted by Crippen LogP contribution is 2.28. The Hall–Kier alpha value is -1.63. The zero-order chi connectivity index (χ0) is 15.2. The number of hydrogen-bond acceptors (Lipinski definition) is 3. The predicted molar refractivity (Wildman–Crippen MR) is 68.3 cm³/mol. The number of carbonyl (C=O) groups excluding carboxylic acids is 1. The Morgan fingerprint density at radius 3 is 2.65 bits per heavy atom. The van der Waals surface area contributed by atoms with Crippen molar-refractivity contribution in [2.45, 2.75) is 19.5 Å². The summed E-state index contributed by atoms with van der Waals surface area (Å²) in [6.07, 6.45) is -4.96. The summed E-state index contributed by atoms with van der Waals surface area (Å²) in [4.78, 5) is 11.1. The Morgan fingerprint density at radius 1 is 1.40 bits per heavy atom. The highest BCUT2D eigenvalue weighted by atomic mass is 35.5. The number of alkyl halides is 3. The third-order valence-electron chi connectivity index (χ3n) is 2.01. The summed E-state index contributed by atoms with van der Waals surface area (Å²) < 4.78 is 44.9. The molecule has 0 unspecified atom stereocenters. The molecule has 1 aromatic rings. The lowest BCUT2D eigenvalue weighted by atomic mass is 10.3. The van der Waals surface area contributed by atoms with Gasteiger partial charge in [0.1, 0.15) is 5.75 Å². The van der Waals surface area contributed by atoms with E-state index in [0.29, 0.717) is 12.4 Å². The van der Waals surface area contributed by atoms with Gasteiger partial charge >= 0.3 is 12.3 Å². The van der Waals surface area contributed by atoms with E-state index in [1.165, 1.54) is 18.2 Å². The summed E-state index contributed by atoms with van der Waals surface area (Å²) in [5.41, 5.74) is 0.214. The Morgan fingerprint density at radius 2 is 2.10 bits per heavy atom. The van der Waals surface area contributed by atoms with Gasteiger partial charge in [0.15, 0.2) is 6.61 Å². The van der Waals surface area contributed by atoms with E-state index >= 15 is 0 Å². The zero-order valence-corrected chi connectivity index (χ0v) is 11.3. The SMILES string of the molecule is CCCOc1ccc(NC(=O)OCC(F)(F)F)cc1Cl. The minimum atomic E-state index is -4.56. The summed E-state index contributed by atoms with van der Waals surface area (Å²) in [5.74, 6) is 0.433. The molecule has 1 rings (SSSR count). The average molecular weight is 312 g/mol. The van der Waals surface area contributed by atoms with Crippen LogP contribution in [0.2, 0.25) is 5.02 Å². The van der Waals surface area contributed by atoms with E-state index in [-0.39, 0.29) is 10.7 Å². The van der Waals surface area contributed by atoms with Crippen molar-refractivity contribution in [2.75, 3.05) is 18.5 Å². The summed E-state index contributed by atoms with van der Waals surface area (Å²) in [5, 5.41) is 2.38. The number of hydrogen-bond donors (Lipinski definition) is 1. The number of rotatable bonds is 5. The third kappa shape index (κ3) is 6.01. The Balaban J connectivity index is 2.56. The second-order valence-corrected chi connectivity index (χ2v) is 4.22. The van der Waals surface area contributed by atoms with Crippen molar-refractivity contribution in [3.8, 4) is 5.75 Å². The fourth-order valence-electron chi connectivity index (χ4n) is 1.21. The average Bonchev–Trinajstić information content (AvgIpc) is 2.35. The van der Waals surface area contributed by atoms with Gasteiger partial charge in [0, 0.05) is 5.69 Å². The Bertz CT molecular complexity index is 466. The molecule has 0 aliphatic carbocycles. The first-order chi connectivity index (χ1) is 9.31. The standard InChI is InChI=1S/C12H13ClF3NO3/c1-2-5-19-10-4-3-8(6-9(10)13)17-11(18)20-7-12(14,15)16/h3-4,6H,2,5,7H2,1H3,(H,17,18). The van der Waals surface area contributed by atoms with Crippen LogP contribution in [0.25, 0.3) is 0 Å². The van der Waals surface area contributed by atoms with Crippen LogP contribution < -0.4 is 10.1 Å². The number of carbonyl (C=O) groups is 1. The largest absolute Gasteiger partial charge is 0.492 e. The van der Waals surface area contributed by atoms with Crippen LogP contribution in [0.4, 0.5) is 23.7 Å². The van der Waals surface area contributed by atoms with Gasteiger partial charge in [0.05, 0.1) is 11.6 Å². The molecular formula is C12H13ClF3NO3. The predicted octanol–water partition coefficient (Wildman–Crippen LogP) is 4.24. The van der Waals surface area contributed by atoms with Gasteiger partial charge in [0.25, 0.3) is 0 Å². The molecule has 8 heteroatoms. The van der Waals surface area contributed by atoms with Crippen molar-refractivity contribution in [3.05, 3.63) is 23.2 Å². The Kier molecular flexibility index (Phi) is 5.94. The second kappa shape index (κ2) is 7.23. The number of nitrogens with one attached hydrogen (secondary N) is 1. The molecule has 0 aliphatic heterocycles. The van der Waals surface area contributed by atoms with Gasteiger partial charge in [-0.2, -0.15) is 13.2 Å². The first-order valence-electron chi connectivity index (χ1n) is 5.74. The molecule has 1 aromatic carbocycles. The number of benzene rings is 1. The molecule has 0 aliphatic rings. The fourth-order valence-corrected chi connectivity index (χ4v) is 1.44. The normalized spacial score (nSPS) is 11.1. The van der Waals surface area contributed by atoms with E-state index in [4.69, 9.17) is 16.3 Å². The molecule has 0 bridgehead atoms. The second-order valence-electron chi connectivity index (χ2n) is 3.81. The summed E-state index contributed by atoms with van der Waals surface area (Å²) in [7, 11) is 0. The summed E-state index contributed by atoms with van der Waals surface area (Å²) >= 11 is 5.90. The maximum Gasteiger partial charge on any atom is 0.422 e. The minimum Gasteiger partial charge on any atom is -0.492 e. The van der Waals surface area contributed by atoms with Crippen LogP contribution in [-0.2, 0) is 4.74 Å². The van der Waals surface area contributed by atoms with Gasteiger partial charge in [0.2, 0.25) is 0 Å². The molecule has 0 fully saturated rings. The van der Waals surface area contributed by atoms with E-state index in [0.717, 1.165) is 6.42 Å². The topological polar surface area (TPSA) is 47.6 Å². The van der Waals surface area contributed by atoms with E-state index in [2.05, 4.69) is 10.1 Å². The first kappa shape index (κ1) is 16.4. The molecule has 0 saturated carbocycles. The van der Waals surface area contributed by atoms with Crippen molar-refractivity contribution >= 4 is 23.4 Å². The van der Waals surface area contributed by atoms with Crippen molar-refractivity contribution < 1.29 is 27.4 Å². The highest BCUT2D eigenvalue weighted by Gasteiger charge is 2.29. The maximum absolute atomic E-state index is 11.8. The van der Waals surface area contributed by atoms with Crippen molar-refractivity contribution in [2.24, 2.45) is 0 Å². The smallest absolute Gasteiger partial charge is 0.422 e. The lowest BCUT2D eigenvalue weighted by molar-refractivity contribution is -0.159. The maximum atomic E-state index is 11.8. The number of amides is 1. The van der Waals surface area contributed by atoms with Gasteiger partial charge in [-0.1, -0.05) is 18.5 Å². The van der Waals surface area contributed by atoms with Crippen LogP contribution in [0.3, 0.4) is 0 Å². The molecule has 20 heavy (non-hydrogen) atoms. The molecular weight excluding hydrogens is 299 g/mol. The van der Waals surface area contributed by atoms with Crippen LogP contribution in [0.1, 0.15) is 13.3 Å². The van der Waals surface area contributed by atoms with Gasteiger partial charge < -0.3 is 9.47 Å². The van der Waals surface area contributed by atoms with E-state index in [1.54, 1.807) is 0 Å². The number of halogens is 4. The van der Waals surface area contributed by atoms with Crippen LogP contribution in [0.15, 0.2) is 18.2 Å². The molecule has 1 N–H and O–H groups in total. The minimum absolute atomic E-state index is 0.214. The molecule has 0 heterocycles.